The van der Waals surface area contributed by atoms with Crippen LogP contribution in [0.2, 0.25) is 0 Å². The lowest BCUT2D eigenvalue weighted by atomic mass is 9.90. The van der Waals surface area contributed by atoms with Crippen molar-refractivity contribution in [1.82, 2.24) is 4.90 Å². The highest BCUT2D eigenvalue weighted by Gasteiger charge is 2.42. The quantitative estimate of drug-likeness (QED) is 0.793. The van der Waals surface area contributed by atoms with Crippen LogP contribution in [-0.2, 0) is 9.59 Å². The van der Waals surface area contributed by atoms with E-state index in [-0.39, 0.29) is 18.5 Å². The van der Waals surface area contributed by atoms with Crippen molar-refractivity contribution in [3.05, 3.63) is 24.3 Å². The number of benzene rings is 1. The van der Waals surface area contributed by atoms with Crippen molar-refractivity contribution < 1.29 is 19.5 Å². The molecular weight excluding hydrogens is 298 g/mol. The molecule has 2 rings (SSSR count). The fourth-order valence-electron chi connectivity index (χ4n) is 2.40. The summed E-state index contributed by atoms with van der Waals surface area (Å²) in [4.78, 5) is 36.2. The van der Waals surface area contributed by atoms with E-state index in [1.165, 1.54) is 4.90 Å². The molecule has 0 radical (unpaired) electrons. The molecule has 23 heavy (non-hydrogen) atoms. The largest absolute Gasteiger partial charge is 0.481 e. The van der Waals surface area contributed by atoms with Crippen LogP contribution in [0.1, 0.15) is 26.7 Å². The first-order valence-corrected chi connectivity index (χ1v) is 7.53. The van der Waals surface area contributed by atoms with Crippen LogP contribution in [0, 0.1) is 5.41 Å². The monoisotopic (exact) mass is 319 g/mol. The van der Waals surface area contributed by atoms with Crippen molar-refractivity contribution >= 4 is 29.3 Å². The van der Waals surface area contributed by atoms with Gasteiger partial charge in [0.05, 0.1) is 5.41 Å². The van der Waals surface area contributed by atoms with Gasteiger partial charge in [-0.1, -0.05) is 6.92 Å². The third kappa shape index (κ3) is 4.00. The van der Waals surface area contributed by atoms with Crippen LogP contribution in [0.4, 0.5) is 16.2 Å². The maximum Gasteiger partial charge on any atom is 0.321 e. The van der Waals surface area contributed by atoms with Gasteiger partial charge in [0.25, 0.3) is 0 Å². The number of carbonyl (C=O) groups excluding carboxylic acids is 2. The first-order valence-electron chi connectivity index (χ1n) is 7.53. The SMILES string of the molecule is CCC(=O)Nc1ccc(NC(=O)N2CCC(C)(C(=O)O)C2)cc1. The number of carbonyl (C=O) groups is 3. The minimum absolute atomic E-state index is 0.0770. The lowest BCUT2D eigenvalue weighted by Crippen LogP contribution is -2.37. The number of carboxylic acid groups (broad SMARTS) is 1. The highest BCUT2D eigenvalue weighted by Crippen LogP contribution is 2.30. The molecule has 1 atom stereocenters. The normalized spacial score (nSPS) is 20.2. The Morgan fingerprint density at radius 2 is 1.74 bits per heavy atom. The van der Waals surface area contributed by atoms with Crippen LogP contribution in [0.3, 0.4) is 0 Å². The molecular formula is C16H21N3O4. The average Bonchev–Trinajstić information content (AvgIpc) is 2.93. The van der Waals surface area contributed by atoms with E-state index in [1.54, 1.807) is 38.1 Å². The molecule has 1 aliphatic heterocycles. The molecule has 0 aromatic heterocycles. The Kier molecular flexibility index (Phi) is 4.88. The van der Waals surface area contributed by atoms with Gasteiger partial charge in [-0.2, -0.15) is 0 Å². The fourth-order valence-corrected chi connectivity index (χ4v) is 2.40. The first-order chi connectivity index (χ1) is 10.8. The van der Waals surface area contributed by atoms with Crippen molar-refractivity contribution in [3.63, 3.8) is 0 Å². The number of hydrogen-bond acceptors (Lipinski definition) is 3. The zero-order valence-electron chi connectivity index (χ0n) is 13.3. The van der Waals surface area contributed by atoms with Crippen molar-refractivity contribution in [1.29, 1.82) is 0 Å². The second kappa shape index (κ2) is 6.68. The molecule has 3 N–H and O–H groups in total. The average molecular weight is 319 g/mol. The summed E-state index contributed by atoms with van der Waals surface area (Å²) in [5.74, 6) is -0.962. The van der Waals surface area contributed by atoms with Gasteiger partial charge in [0.2, 0.25) is 5.91 Å². The maximum atomic E-state index is 12.2. The number of likely N-dealkylation sites (tertiary alicyclic amines) is 1. The van der Waals surface area contributed by atoms with E-state index in [9.17, 15) is 19.5 Å². The van der Waals surface area contributed by atoms with Gasteiger partial charge in [-0.25, -0.2) is 4.79 Å². The van der Waals surface area contributed by atoms with Crippen molar-refractivity contribution in [2.45, 2.75) is 26.7 Å². The zero-order valence-corrected chi connectivity index (χ0v) is 13.3. The van der Waals surface area contributed by atoms with Gasteiger partial charge < -0.3 is 20.6 Å². The summed E-state index contributed by atoms with van der Waals surface area (Å²) >= 11 is 0. The van der Waals surface area contributed by atoms with Gasteiger partial charge >= 0.3 is 12.0 Å². The highest BCUT2D eigenvalue weighted by atomic mass is 16.4. The summed E-state index contributed by atoms with van der Waals surface area (Å²) < 4.78 is 0. The van der Waals surface area contributed by atoms with Crippen LogP contribution < -0.4 is 10.6 Å². The number of anilines is 2. The standard InChI is InChI=1S/C16H21N3O4/c1-3-13(20)17-11-4-6-12(7-5-11)18-15(23)19-9-8-16(2,10-19)14(21)22/h4-7H,3,8-10H2,1-2H3,(H,17,20)(H,18,23)(H,21,22). The van der Waals surface area contributed by atoms with E-state index in [0.29, 0.717) is 30.8 Å². The van der Waals surface area contributed by atoms with Gasteiger partial charge in [-0.05, 0) is 37.6 Å². The van der Waals surface area contributed by atoms with E-state index < -0.39 is 11.4 Å². The Morgan fingerprint density at radius 1 is 1.17 bits per heavy atom. The van der Waals surface area contributed by atoms with Crippen LogP contribution in [0.5, 0.6) is 0 Å². The molecule has 7 nitrogen and oxygen atoms in total. The topological polar surface area (TPSA) is 98.7 Å². The molecule has 0 spiro atoms. The molecule has 1 heterocycles. The number of aliphatic carboxylic acids is 1. The van der Waals surface area contributed by atoms with Crippen molar-refractivity contribution in [2.75, 3.05) is 23.7 Å². The number of carboxylic acids is 1. The Bertz CT molecular complexity index is 614. The molecule has 0 aliphatic carbocycles. The van der Waals surface area contributed by atoms with E-state index >= 15 is 0 Å². The Labute approximate surface area is 134 Å². The molecule has 3 amide bonds. The van der Waals surface area contributed by atoms with E-state index in [0.717, 1.165) is 0 Å². The summed E-state index contributed by atoms with van der Waals surface area (Å²) in [6, 6.07) is 6.47. The smallest absolute Gasteiger partial charge is 0.321 e. The first kappa shape index (κ1) is 16.8. The summed E-state index contributed by atoms with van der Waals surface area (Å²) in [5, 5.41) is 14.7. The number of hydrogen-bond donors (Lipinski definition) is 3. The molecule has 1 saturated heterocycles. The Morgan fingerprint density at radius 3 is 2.22 bits per heavy atom. The molecule has 0 bridgehead atoms. The molecule has 7 heteroatoms. The summed E-state index contributed by atoms with van der Waals surface area (Å²) in [5.41, 5.74) is 0.369. The van der Waals surface area contributed by atoms with Gasteiger partial charge in [-0.3, -0.25) is 9.59 Å². The predicted molar refractivity (Wildman–Crippen MR) is 86.3 cm³/mol. The number of urea groups is 1. The van der Waals surface area contributed by atoms with Gasteiger partial charge in [0, 0.05) is 30.9 Å². The Balaban J connectivity index is 1.93. The zero-order chi connectivity index (χ0) is 17.0. The van der Waals surface area contributed by atoms with Crippen molar-refractivity contribution in [2.24, 2.45) is 5.41 Å². The minimum Gasteiger partial charge on any atom is -0.481 e. The number of nitrogens with zero attached hydrogens (tertiary/aromatic N) is 1. The number of nitrogens with one attached hydrogen (secondary N) is 2. The number of rotatable bonds is 4. The minimum atomic E-state index is -0.885. The van der Waals surface area contributed by atoms with Crippen LogP contribution in [-0.4, -0.2) is 41.0 Å². The summed E-state index contributed by atoms with van der Waals surface area (Å²) in [7, 11) is 0. The second-order valence-corrected chi connectivity index (χ2v) is 5.95. The van der Waals surface area contributed by atoms with Crippen LogP contribution >= 0.6 is 0 Å². The van der Waals surface area contributed by atoms with E-state index in [1.807, 2.05) is 0 Å². The van der Waals surface area contributed by atoms with Crippen molar-refractivity contribution in [3.8, 4) is 0 Å². The third-order valence-corrected chi connectivity index (χ3v) is 4.02. The summed E-state index contributed by atoms with van der Waals surface area (Å²) in [6.07, 6.45) is 0.841. The molecule has 1 aromatic rings. The predicted octanol–water partition coefficient (Wildman–Crippen LogP) is 2.36. The second-order valence-electron chi connectivity index (χ2n) is 5.95. The van der Waals surface area contributed by atoms with Crippen LogP contribution in [0.15, 0.2) is 24.3 Å². The highest BCUT2D eigenvalue weighted by molar-refractivity contribution is 5.92. The van der Waals surface area contributed by atoms with Crippen LogP contribution in [0.25, 0.3) is 0 Å². The summed E-state index contributed by atoms with van der Waals surface area (Å²) in [6.45, 7) is 4.02. The molecule has 0 saturated carbocycles. The maximum absolute atomic E-state index is 12.2. The third-order valence-electron chi connectivity index (χ3n) is 4.02. The molecule has 1 fully saturated rings. The lowest BCUT2D eigenvalue weighted by molar-refractivity contribution is -0.147. The Hall–Kier alpha value is -2.57. The molecule has 124 valence electrons. The lowest BCUT2D eigenvalue weighted by Gasteiger charge is -2.20. The van der Waals surface area contributed by atoms with Gasteiger partial charge in [0.1, 0.15) is 0 Å². The van der Waals surface area contributed by atoms with Gasteiger partial charge in [0.15, 0.2) is 0 Å². The van der Waals surface area contributed by atoms with Gasteiger partial charge in [-0.15, -0.1) is 0 Å². The van der Waals surface area contributed by atoms with E-state index in [4.69, 9.17) is 0 Å². The van der Waals surface area contributed by atoms with E-state index in [2.05, 4.69) is 10.6 Å². The molecule has 1 aromatic carbocycles. The fraction of sp³-hybridized carbons (Fsp3) is 0.438. The molecule has 1 aliphatic rings. The molecule has 1 unspecified atom stereocenters. The number of amides is 3.